The molecule has 0 aromatic heterocycles. The number of hydrogen-bond donors (Lipinski definition) is 2. The average Bonchev–Trinajstić information content (AvgIpc) is 2.98. The summed E-state index contributed by atoms with van der Waals surface area (Å²) >= 11 is 0. The molecule has 29 heavy (non-hydrogen) atoms. The molecule has 1 aliphatic rings. The topological polar surface area (TPSA) is 75.6 Å². The molecule has 8 heteroatoms. The van der Waals surface area contributed by atoms with Gasteiger partial charge in [0.2, 0.25) is 0 Å². The fraction of sp³-hybridized carbons (Fsp3) is 0.333. The van der Waals surface area contributed by atoms with Crippen molar-refractivity contribution < 1.29 is 32.6 Å². The van der Waals surface area contributed by atoms with Crippen LogP contribution in [-0.4, -0.2) is 36.5 Å². The van der Waals surface area contributed by atoms with E-state index in [1.807, 2.05) is 48.5 Å². The smallest absolute Gasteiger partial charge is 0.407 e. The van der Waals surface area contributed by atoms with Crippen molar-refractivity contribution in [2.75, 3.05) is 13.2 Å². The zero-order chi connectivity index (χ0) is 21.0. The first kappa shape index (κ1) is 20.7. The minimum atomic E-state index is -4.64. The summed E-state index contributed by atoms with van der Waals surface area (Å²) in [5, 5.41) is 10.9. The lowest BCUT2D eigenvalue weighted by atomic mass is 9.98. The summed E-state index contributed by atoms with van der Waals surface area (Å²) in [7, 11) is 0. The van der Waals surface area contributed by atoms with Gasteiger partial charge in [0.05, 0.1) is 12.3 Å². The van der Waals surface area contributed by atoms with Crippen LogP contribution in [0.1, 0.15) is 29.9 Å². The molecule has 0 radical (unpaired) electrons. The molecule has 3 rings (SSSR count). The SMILES string of the molecule is O=C(O)CC(CCNC(=O)OCC1c2ccccc2-c2ccccc21)C(F)(F)F. The quantitative estimate of drug-likeness (QED) is 0.705. The number of halogens is 3. The van der Waals surface area contributed by atoms with Gasteiger partial charge in [-0.25, -0.2) is 4.79 Å². The van der Waals surface area contributed by atoms with Crippen LogP contribution in [0.3, 0.4) is 0 Å². The van der Waals surface area contributed by atoms with Crippen LogP contribution in [0.5, 0.6) is 0 Å². The van der Waals surface area contributed by atoms with Gasteiger partial charge in [0, 0.05) is 12.5 Å². The minimum Gasteiger partial charge on any atom is -0.481 e. The fourth-order valence-electron chi connectivity index (χ4n) is 3.59. The van der Waals surface area contributed by atoms with E-state index in [4.69, 9.17) is 9.84 Å². The zero-order valence-corrected chi connectivity index (χ0v) is 15.4. The number of carbonyl (C=O) groups excluding carboxylic acids is 1. The Balaban J connectivity index is 1.55. The number of aliphatic carboxylic acids is 1. The first-order valence-electron chi connectivity index (χ1n) is 9.14. The number of carboxylic acid groups (broad SMARTS) is 1. The number of alkyl carbamates (subject to hydrolysis) is 1. The summed E-state index contributed by atoms with van der Waals surface area (Å²) in [6, 6.07) is 15.6. The van der Waals surface area contributed by atoms with Crippen LogP contribution in [-0.2, 0) is 9.53 Å². The van der Waals surface area contributed by atoms with E-state index in [0.29, 0.717) is 0 Å². The van der Waals surface area contributed by atoms with Crippen molar-refractivity contribution in [3.63, 3.8) is 0 Å². The van der Waals surface area contributed by atoms with Gasteiger partial charge < -0.3 is 15.2 Å². The Labute approximate surface area is 165 Å². The van der Waals surface area contributed by atoms with Gasteiger partial charge in [-0.2, -0.15) is 13.2 Å². The average molecular weight is 407 g/mol. The highest BCUT2D eigenvalue weighted by atomic mass is 19.4. The number of carbonyl (C=O) groups is 2. The van der Waals surface area contributed by atoms with Crippen molar-refractivity contribution in [1.29, 1.82) is 0 Å². The highest BCUT2D eigenvalue weighted by molar-refractivity contribution is 5.79. The summed E-state index contributed by atoms with van der Waals surface area (Å²) in [6.07, 6.45) is -7.03. The van der Waals surface area contributed by atoms with Crippen molar-refractivity contribution in [3.8, 4) is 11.1 Å². The molecule has 1 atom stereocenters. The number of amides is 1. The first-order valence-corrected chi connectivity index (χ1v) is 9.14. The Morgan fingerprint density at radius 1 is 1.03 bits per heavy atom. The van der Waals surface area contributed by atoms with E-state index in [-0.39, 0.29) is 19.1 Å². The van der Waals surface area contributed by atoms with E-state index >= 15 is 0 Å². The third kappa shape index (κ3) is 4.88. The van der Waals surface area contributed by atoms with Crippen molar-refractivity contribution in [2.24, 2.45) is 5.92 Å². The first-order chi connectivity index (χ1) is 13.8. The van der Waals surface area contributed by atoms with Gasteiger partial charge in [-0.15, -0.1) is 0 Å². The third-order valence-electron chi connectivity index (χ3n) is 4.99. The van der Waals surface area contributed by atoms with Crippen LogP contribution < -0.4 is 5.32 Å². The molecule has 2 aromatic rings. The standard InChI is InChI=1S/C21H20F3NO4/c22-21(23,24)13(11-19(26)27)9-10-25-20(28)29-12-18-16-7-3-1-5-14(16)15-6-2-4-8-17(15)18/h1-8,13,18H,9-12H2,(H,25,28)(H,26,27). The second-order valence-corrected chi connectivity index (χ2v) is 6.88. The summed E-state index contributed by atoms with van der Waals surface area (Å²) in [5.41, 5.74) is 4.19. The van der Waals surface area contributed by atoms with E-state index in [1.54, 1.807) is 0 Å². The molecule has 0 spiro atoms. The number of alkyl halides is 3. The predicted molar refractivity (Wildman–Crippen MR) is 99.5 cm³/mol. The van der Waals surface area contributed by atoms with Gasteiger partial charge in [-0.1, -0.05) is 48.5 Å². The second-order valence-electron chi connectivity index (χ2n) is 6.88. The number of carboxylic acids is 1. The molecule has 2 N–H and O–H groups in total. The Hall–Kier alpha value is -3.03. The van der Waals surface area contributed by atoms with Crippen LogP contribution in [0.4, 0.5) is 18.0 Å². The van der Waals surface area contributed by atoms with Crippen molar-refractivity contribution in [2.45, 2.75) is 24.9 Å². The molecule has 0 fully saturated rings. The van der Waals surface area contributed by atoms with Gasteiger partial charge in [0.25, 0.3) is 0 Å². The lowest BCUT2D eigenvalue weighted by molar-refractivity contribution is -0.184. The lowest BCUT2D eigenvalue weighted by Gasteiger charge is -2.19. The molecule has 0 saturated heterocycles. The van der Waals surface area contributed by atoms with E-state index in [9.17, 15) is 22.8 Å². The van der Waals surface area contributed by atoms with Crippen LogP contribution in [0.15, 0.2) is 48.5 Å². The molecule has 0 aliphatic heterocycles. The molecule has 1 unspecified atom stereocenters. The molecule has 5 nitrogen and oxygen atoms in total. The van der Waals surface area contributed by atoms with Crippen LogP contribution in [0.25, 0.3) is 11.1 Å². The fourth-order valence-corrected chi connectivity index (χ4v) is 3.59. The van der Waals surface area contributed by atoms with Crippen LogP contribution in [0.2, 0.25) is 0 Å². The summed E-state index contributed by atoms with van der Waals surface area (Å²) in [4.78, 5) is 22.5. The Bertz CT molecular complexity index is 852. The Morgan fingerprint density at radius 3 is 2.10 bits per heavy atom. The number of rotatable bonds is 7. The molecular weight excluding hydrogens is 387 g/mol. The normalized spacial score (nSPS) is 14.0. The monoisotopic (exact) mass is 407 g/mol. The van der Waals surface area contributed by atoms with Crippen LogP contribution in [0, 0.1) is 5.92 Å². The van der Waals surface area contributed by atoms with E-state index in [0.717, 1.165) is 22.3 Å². The molecule has 0 saturated carbocycles. The molecule has 0 heterocycles. The molecule has 0 bridgehead atoms. The summed E-state index contributed by atoms with van der Waals surface area (Å²) < 4.78 is 43.7. The van der Waals surface area contributed by atoms with Gasteiger partial charge in [-0.05, 0) is 28.7 Å². The van der Waals surface area contributed by atoms with E-state index in [1.165, 1.54) is 0 Å². The van der Waals surface area contributed by atoms with Gasteiger partial charge >= 0.3 is 18.2 Å². The van der Waals surface area contributed by atoms with Gasteiger partial charge in [-0.3, -0.25) is 4.79 Å². The summed E-state index contributed by atoms with van der Waals surface area (Å²) in [5.74, 6) is -3.70. The maximum Gasteiger partial charge on any atom is 0.407 e. The number of benzene rings is 2. The highest BCUT2D eigenvalue weighted by Gasteiger charge is 2.40. The third-order valence-corrected chi connectivity index (χ3v) is 4.99. The van der Waals surface area contributed by atoms with Crippen LogP contribution >= 0.6 is 0 Å². The number of fused-ring (bicyclic) bond motifs is 3. The minimum absolute atomic E-state index is 0.0533. The second kappa shape index (κ2) is 8.55. The largest absolute Gasteiger partial charge is 0.481 e. The number of nitrogens with one attached hydrogen (secondary N) is 1. The molecule has 1 amide bonds. The van der Waals surface area contributed by atoms with Crippen molar-refractivity contribution >= 4 is 12.1 Å². The molecule has 1 aliphatic carbocycles. The van der Waals surface area contributed by atoms with Gasteiger partial charge in [0.1, 0.15) is 6.61 Å². The Kier molecular flexibility index (Phi) is 6.10. The number of hydrogen-bond acceptors (Lipinski definition) is 3. The Morgan fingerprint density at radius 2 is 1.59 bits per heavy atom. The van der Waals surface area contributed by atoms with E-state index in [2.05, 4.69) is 5.32 Å². The maximum absolute atomic E-state index is 12.8. The lowest BCUT2D eigenvalue weighted by Crippen LogP contribution is -2.32. The van der Waals surface area contributed by atoms with Gasteiger partial charge in [0.15, 0.2) is 0 Å². The van der Waals surface area contributed by atoms with E-state index < -0.39 is 37.0 Å². The highest BCUT2D eigenvalue weighted by Crippen LogP contribution is 2.44. The zero-order valence-electron chi connectivity index (χ0n) is 15.4. The summed E-state index contributed by atoms with van der Waals surface area (Å²) in [6.45, 7) is -0.272. The van der Waals surface area contributed by atoms with Crippen molar-refractivity contribution in [1.82, 2.24) is 5.32 Å². The molecular formula is C21H20F3NO4. The maximum atomic E-state index is 12.8. The molecule has 2 aromatic carbocycles. The van der Waals surface area contributed by atoms with Crippen molar-refractivity contribution in [3.05, 3.63) is 59.7 Å². The predicted octanol–water partition coefficient (Wildman–Crippen LogP) is 4.57. The molecule has 154 valence electrons. The number of ether oxygens (including phenoxy) is 1.